The van der Waals surface area contributed by atoms with E-state index < -0.39 is 5.82 Å². The second-order valence-electron chi connectivity index (χ2n) is 3.90. The molecule has 0 aromatic heterocycles. The van der Waals surface area contributed by atoms with Crippen LogP contribution < -0.4 is 16.1 Å². The Bertz CT molecular complexity index is 514. The fraction of sp³-hybridized carbons (Fsp3) is 0.273. The normalized spacial score (nSPS) is 17.2. The van der Waals surface area contributed by atoms with E-state index in [1.54, 1.807) is 7.05 Å². The number of rotatable bonds is 1. The molecule has 5 nitrogen and oxygen atoms in total. The number of hydrogen-bond donors (Lipinski definition) is 3. The summed E-state index contributed by atoms with van der Waals surface area (Å²) in [6, 6.07) is 2.58. The van der Waals surface area contributed by atoms with Gasteiger partial charge in [0.05, 0.1) is 23.6 Å². The average Bonchev–Trinajstić information content (AvgIpc) is 2.24. The van der Waals surface area contributed by atoms with Gasteiger partial charge in [0.15, 0.2) is 0 Å². The molecule has 17 heavy (non-hydrogen) atoms. The third kappa shape index (κ3) is 1.82. The lowest BCUT2D eigenvalue weighted by Gasteiger charge is -2.30. The van der Waals surface area contributed by atoms with E-state index in [-0.39, 0.29) is 7.14 Å². The second-order valence-corrected chi connectivity index (χ2v) is 3.90. The minimum Gasteiger partial charge on any atom is -0.397 e. The van der Waals surface area contributed by atoms with Gasteiger partial charge in [-0.05, 0) is 12.1 Å². The molecule has 1 heterocycles. The highest BCUT2D eigenvalue weighted by Gasteiger charge is 2.26. The maximum absolute atomic E-state index is 13.3. The Morgan fingerprint density at radius 2 is 2.29 bits per heavy atom. The van der Waals surface area contributed by atoms with Gasteiger partial charge in [0.2, 0.25) is 0 Å². The number of nitrogen functional groups attached to an aromatic ring is 1. The summed E-state index contributed by atoms with van der Waals surface area (Å²) in [5, 5.41) is 12.0. The van der Waals surface area contributed by atoms with Gasteiger partial charge in [0.1, 0.15) is 11.5 Å². The fourth-order valence-corrected chi connectivity index (χ4v) is 2.00. The van der Waals surface area contributed by atoms with Crippen LogP contribution in [0.4, 0.5) is 15.8 Å². The van der Waals surface area contributed by atoms with Crippen LogP contribution in [0.2, 0.25) is 0 Å². The molecule has 4 N–H and O–H groups in total. The summed E-state index contributed by atoms with van der Waals surface area (Å²) in [6.45, 7) is 0.475. The maximum atomic E-state index is 13.3. The van der Waals surface area contributed by atoms with Gasteiger partial charge in [-0.2, -0.15) is 5.10 Å². The molecule has 6 heteroatoms. The molecule has 0 amide bonds. The minimum atomic E-state index is -0.440. The SMILES string of the molecule is CN/N=C1/CN(C)c2c(N)cc(F)cc2C1=N.[HH]. The Kier molecular flexibility index (Phi) is 2.71. The molecule has 0 fully saturated rings. The van der Waals surface area contributed by atoms with Gasteiger partial charge in [-0.1, -0.05) is 0 Å². The third-order valence-corrected chi connectivity index (χ3v) is 2.68. The number of hydrogen-bond acceptors (Lipinski definition) is 5. The number of benzene rings is 1. The van der Waals surface area contributed by atoms with Gasteiger partial charge in [0, 0.05) is 21.1 Å². The molecular formula is C11H16FN5. The molecule has 0 unspecified atom stereocenters. The van der Waals surface area contributed by atoms with Crippen LogP contribution in [0.1, 0.15) is 6.99 Å². The van der Waals surface area contributed by atoms with Crippen molar-refractivity contribution in [1.29, 1.82) is 5.41 Å². The van der Waals surface area contributed by atoms with Crippen LogP contribution in [0.3, 0.4) is 0 Å². The molecule has 0 bridgehead atoms. The van der Waals surface area contributed by atoms with Crippen LogP contribution >= 0.6 is 0 Å². The van der Waals surface area contributed by atoms with Crippen molar-refractivity contribution in [1.82, 2.24) is 5.43 Å². The van der Waals surface area contributed by atoms with Gasteiger partial charge < -0.3 is 16.1 Å². The predicted molar refractivity (Wildman–Crippen MR) is 69.5 cm³/mol. The van der Waals surface area contributed by atoms with Crippen LogP contribution in [0, 0.1) is 11.2 Å². The van der Waals surface area contributed by atoms with Gasteiger partial charge in [-0.15, -0.1) is 0 Å². The summed E-state index contributed by atoms with van der Waals surface area (Å²) in [6.07, 6.45) is 0. The lowest BCUT2D eigenvalue weighted by Crippen LogP contribution is -2.38. The minimum absolute atomic E-state index is 0. The van der Waals surface area contributed by atoms with Crippen molar-refractivity contribution < 1.29 is 5.82 Å². The molecule has 1 aromatic carbocycles. The molecule has 0 saturated heterocycles. The van der Waals surface area contributed by atoms with E-state index in [4.69, 9.17) is 11.1 Å². The van der Waals surface area contributed by atoms with Crippen molar-refractivity contribution in [3.8, 4) is 0 Å². The summed E-state index contributed by atoms with van der Waals surface area (Å²) in [7, 11) is 3.50. The highest BCUT2D eigenvalue weighted by Crippen LogP contribution is 2.31. The van der Waals surface area contributed by atoms with Crippen LogP contribution in [0.25, 0.3) is 0 Å². The van der Waals surface area contributed by atoms with Gasteiger partial charge in [0.25, 0.3) is 0 Å². The van der Waals surface area contributed by atoms with Crippen LogP contribution in [0.5, 0.6) is 0 Å². The van der Waals surface area contributed by atoms with E-state index in [2.05, 4.69) is 10.5 Å². The van der Waals surface area contributed by atoms with E-state index in [0.29, 0.717) is 29.2 Å². The summed E-state index contributed by atoms with van der Waals surface area (Å²) >= 11 is 0. The zero-order chi connectivity index (χ0) is 12.6. The van der Waals surface area contributed by atoms with Crippen molar-refractivity contribution in [3.63, 3.8) is 0 Å². The average molecular weight is 237 g/mol. The number of hydrazone groups is 1. The standard InChI is InChI=1S/C11H14FN5.H2/c1-15-16-9-5-17(2)11-7(10(9)14)3-6(12)4-8(11)13;/h3-4,14-15H,5,13H2,1-2H3;1H/b14-10?,16-9-;. The summed E-state index contributed by atoms with van der Waals surface area (Å²) in [5.74, 6) is -0.440. The maximum Gasteiger partial charge on any atom is 0.126 e. The van der Waals surface area contributed by atoms with E-state index >= 15 is 0 Å². The van der Waals surface area contributed by atoms with E-state index in [0.717, 1.165) is 0 Å². The first kappa shape index (κ1) is 11.4. The number of halogens is 1. The largest absolute Gasteiger partial charge is 0.397 e. The number of fused-ring (bicyclic) bond motifs is 1. The number of anilines is 2. The molecule has 92 valence electrons. The molecule has 0 atom stereocenters. The van der Waals surface area contributed by atoms with Gasteiger partial charge in [-0.25, -0.2) is 4.39 Å². The van der Waals surface area contributed by atoms with Crippen LogP contribution in [0.15, 0.2) is 17.2 Å². The van der Waals surface area contributed by atoms with E-state index in [1.165, 1.54) is 12.1 Å². The highest BCUT2D eigenvalue weighted by atomic mass is 19.1. The van der Waals surface area contributed by atoms with Crippen LogP contribution in [-0.4, -0.2) is 32.1 Å². The first-order chi connectivity index (χ1) is 8.04. The Labute approximate surface area is 100 Å². The molecule has 0 aliphatic carbocycles. The van der Waals surface area contributed by atoms with Gasteiger partial charge >= 0.3 is 0 Å². The molecule has 1 aliphatic heterocycles. The Morgan fingerprint density at radius 3 is 2.94 bits per heavy atom. The Hall–Kier alpha value is -2.11. The topological polar surface area (TPSA) is 77.5 Å². The lowest BCUT2D eigenvalue weighted by molar-refractivity contribution is 0.628. The van der Waals surface area contributed by atoms with E-state index in [1.807, 2.05) is 11.9 Å². The lowest BCUT2D eigenvalue weighted by atomic mass is 9.97. The second kappa shape index (κ2) is 4.04. The molecular weight excluding hydrogens is 221 g/mol. The highest BCUT2D eigenvalue weighted by molar-refractivity contribution is 6.50. The van der Waals surface area contributed by atoms with Crippen molar-refractivity contribution in [2.75, 3.05) is 31.3 Å². The number of nitrogens with zero attached hydrogens (tertiary/aromatic N) is 2. The van der Waals surface area contributed by atoms with Gasteiger partial charge in [-0.3, -0.25) is 5.41 Å². The Morgan fingerprint density at radius 1 is 1.59 bits per heavy atom. The van der Waals surface area contributed by atoms with Crippen molar-refractivity contribution in [2.45, 2.75) is 0 Å². The summed E-state index contributed by atoms with van der Waals surface area (Å²) in [5.41, 5.74) is 10.7. The zero-order valence-electron chi connectivity index (χ0n) is 9.71. The smallest absolute Gasteiger partial charge is 0.126 e. The first-order valence-corrected chi connectivity index (χ1v) is 5.17. The summed E-state index contributed by atoms with van der Waals surface area (Å²) < 4.78 is 13.3. The number of nitrogens with two attached hydrogens (primary N) is 1. The molecule has 1 aromatic rings. The molecule has 0 spiro atoms. The molecule has 1 aliphatic rings. The quantitative estimate of drug-likeness (QED) is 0.504. The fourth-order valence-electron chi connectivity index (χ4n) is 2.00. The van der Waals surface area contributed by atoms with Crippen molar-refractivity contribution in [3.05, 3.63) is 23.5 Å². The van der Waals surface area contributed by atoms with Crippen molar-refractivity contribution in [2.24, 2.45) is 5.10 Å². The first-order valence-electron chi connectivity index (χ1n) is 5.17. The Balaban J connectivity index is 0.00000162. The van der Waals surface area contributed by atoms with Crippen LogP contribution in [-0.2, 0) is 0 Å². The van der Waals surface area contributed by atoms with E-state index in [9.17, 15) is 4.39 Å². The molecule has 0 radical (unpaired) electrons. The zero-order valence-corrected chi connectivity index (χ0v) is 9.71. The van der Waals surface area contributed by atoms with Crippen molar-refractivity contribution >= 4 is 22.8 Å². The molecule has 0 saturated carbocycles. The third-order valence-electron chi connectivity index (χ3n) is 2.68. The summed E-state index contributed by atoms with van der Waals surface area (Å²) in [4.78, 5) is 1.86. The number of nitrogens with one attached hydrogen (secondary N) is 2. The predicted octanol–water partition coefficient (Wildman–Crippen LogP) is 1.05. The molecule has 2 rings (SSSR count). The monoisotopic (exact) mass is 237 g/mol.